The molecule has 4 aliphatic carbocycles. The number of hydrogen-bond donors (Lipinski definition) is 0. The summed E-state index contributed by atoms with van der Waals surface area (Å²) in [5.74, 6) is 5.60. The van der Waals surface area contributed by atoms with Gasteiger partial charge in [0.2, 0.25) is 0 Å². The van der Waals surface area contributed by atoms with E-state index in [-0.39, 0.29) is 5.92 Å². The summed E-state index contributed by atoms with van der Waals surface area (Å²) in [6.45, 7) is 15.8. The number of ketones is 1. The predicted molar refractivity (Wildman–Crippen MR) is 123 cm³/mol. The summed E-state index contributed by atoms with van der Waals surface area (Å²) in [6.07, 6.45) is 15.4. The first-order valence-corrected chi connectivity index (χ1v) is 12.9. The quantitative estimate of drug-likeness (QED) is 0.431. The Labute approximate surface area is 180 Å². The average molecular weight is 399 g/mol. The van der Waals surface area contributed by atoms with Gasteiger partial charge in [-0.25, -0.2) is 0 Å². The van der Waals surface area contributed by atoms with Gasteiger partial charge >= 0.3 is 0 Å². The first-order chi connectivity index (χ1) is 13.7. The van der Waals surface area contributed by atoms with Crippen LogP contribution in [0.2, 0.25) is 0 Å². The van der Waals surface area contributed by atoms with E-state index in [0.29, 0.717) is 22.5 Å². The largest absolute Gasteiger partial charge is 0.299 e. The van der Waals surface area contributed by atoms with Crippen molar-refractivity contribution in [2.45, 2.75) is 105 Å². The van der Waals surface area contributed by atoms with Crippen LogP contribution >= 0.6 is 0 Å². The van der Waals surface area contributed by atoms with Gasteiger partial charge in [0.05, 0.1) is 0 Å². The van der Waals surface area contributed by atoms with E-state index in [4.69, 9.17) is 0 Å². The first kappa shape index (κ1) is 21.6. The Kier molecular flexibility index (Phi) is 5.84. The van der Waals surface area contributed by atoms with E-state index in [1.54, 1.807) is 0 Å². The molecule has 0 saturated heterocycles. The van der Waals surface area contributed by atoms with E-state index in [9.17, 15) is 4.79 Å². The van der Waals surface area contributed by atoms with Crippen LogP contribution in [0.1, 0.15) is 105 Å². The fourth-order valence-corrected chi connectivity index (χ4v) is 9.18. The van der Waals surface area contributed by atoms with E-state index >= 15 is 0 Å². The number of carbonyl (C=O) groups is 1. The number of fused-ring (bicyclic) bond motifs is 5. The van der Waals surface area contributed by atoms with Crippen LogP contribution in [0.3, 0.4) is 0 Å². The third-order valence-electron chi connectivity index (χ3n) is 11.1. The minimum Gasteiger partial charge on any atom is -0.299 e. The van der Waals surface area contributed by atoms with Gasteiger partial charge < -0.3 is 0 Å². The molecule has 0 bridgehead atoms. The molecule has 9 atom stereocenters. The Morgan fingerprint density at radius 3 is 2.38 bits per heavy atom. The molecule has 0 N–H and O–H groups in total. The summed E-state index contributed by atoms with van der Waals surface area (Å²) in [4.78, 5) is 12.8. The van der Waals surface area contributed by atoms with Gasteiger partial charge in [-0.15, -0.1) is 0 Å². The van der Waals surface area contributed by atoms with Crippen LogP contribution in [0.4, 0.5) is 0 Å². The highest BCUT2D eigenvalue weighted by atomic mass is 16.1. The van der Waals surface area contributed by atoms with Crippen LogP contribution < -0.4 is 0 Å². The Balaban J connectivity index is 1.49. The molecule has 4 fully saturated rings. The summed E-state index contributed by atoms with van der Waals surface area (Å²) < 4.78 is 0. The summed E-state index contributed by atoms with van der Waals surface area (Å²) in [7, 11) is 0. The lowest BCUT2D eigenvalue weighted by atomic mass is 9.44. The first-order valence-electron chi connectivity index (χ1n) is 12.9. The van der Waals surface area contributed by atoms with Crippen LogP contribution in [-0.2, 0) is 4.79 Å². The third-order valence-corrected chi connectivity index (χ3v) is 11.1. The highest BCUT2D eigenvalue weighted by molar-refractivity contribution is 5.83. The molecule has 0 spiro atoms. The van der Waals surface area contributed by atoms with Crippen molar-refractivity contribution in [3.63, 3.8) is 0 Å². The van der Waals surface area contributed by atoms with Crippen LogP contribution in [0, 0.1) is 52.3 Å². The Hall–Kier alpha value is -0.590. The fourth-order valence-electron chi connectivity index (χ4n) is 9.18. The standard InChI is InChI=1S/C28H46O/c1-18(2)20(4)26(29)17-19(3)23-12-13-24-22-11-10-21-9-7-8-15-27(21,5)25(22)14-16-28(23,24)6/h19-25H,1,7-17H2,2-6H3/t19-,20+,21?,22+,23-,24+,25+,27+,28-/m1/s1. The van der Waals surface area contributed by atoms with E-state index < -0.39 is 0 Å². The number of carbonyl (C=O) groups excluding carboxylic acids is 1. The maximum Gasteiger partial charge on any atom is 0.139 e. The zero-order valence-corrected chi connectivity index (χ0v) is 19.9. The maximum atomic E-state index is 12.8. The summed E-state index contributed by atoms with van der Waals surface area (Å²) in [5.41, 5.74) is 2.14. The highest BCUT2D eigenvalue weighted by Crippen LogP contribution is 2.68. The van der Waals surface area contributed by atoms with Crippen molar-refractivity contribution >= 4 is 5.78 Å². The molecule has 0 amide bonds. The second-order valence-electron chi connectivity index (χ2n) is 12.3. The molecule has 1 unspecified atom stereocenters. The predicted octanol–water partition coefficient (Wildman–Crippen LogP) is 7.84. The molecule has 164 valence electrons. The number of allylic oxidation sites excluding steroid dienone is 1. The maximum absolute atomic E-state index is 12.8. The van der Waals surface area contributed by atoms with Crippen LogP contribution in [-0.4, -0.2) is 5.78 Å². The van der Waals surface area contributed by atoms with E-state index in [2.05, 4.69) is 27.4 Å². The monoisotopic (exact) mass is 398 g/mol. The van der Waals surface area contributed by atoms with Gasteiger partial charge in [0, 0.05) is 12.3 Å². The van der Waals surface area contributed by atoms with Crippen molar-refractivity contribution in [3.8, 4) is 0 Å². The highest BCUT2D eigenvalue weighted by Gasteiger charge is 2.60. The lowest BCUT2D eigenvalue weighted by Gasteiger charge is -2.61. The average Bonchev–Trinajstić information content (AvgIpc) is 3.04. The van der Waals surface area contributed by atoms with Gasteiger partial charge in [0.25, 0.3) is 0 Å². The van der Waals surface area contributed by atoms with Gasteiger partial charge in [0.15, 0.2) is 0 Å². The molecule has 0 heterocycles. The van der Waals surface area contributed by atoms with Gasteiger partial charge in [-0.1, -0.05) is 52.7 Å². The lowest BCUT2D eigenvalue weighted by molar-refractivity contribution is -0.125. The molecule has 29 heavy (non-hydrogen) atoms. The Bertz CT molecular complexity index is 649. The summed E-state index contributed by atoms with van der Waals surface area (Å²) in [5, 5.41) is 0. The lowest BCUT2D eigenvalue weighted by Crippen LogP contribution is -2.53. The molecule has 1 heteroatoms. The van der Waals surface area contributed by atoms with E-state index in [0.717, 1.165) is 41.6 Å². The van der Waals surface area contributed by atoms with Crippen molar-refractivity contribution < 1.29 is 4.79 Å². The van der Waals surface area contributed by atoms with Gasteiger partial charge in [-0.2, -0.15) is 0 Å². The molecule has 4 aliphatic rings. The van der Waals surface area contributed by atoms with Crippen molar-refractivity contribution in [2.24, 2.45) is 52.3 Å². The molecule has 0 radical (unpaired) electrons. The molecular weight excluding hydrogens is 352 g/mol. The minimum absolute atomic E-state index is 0.0275. The molecule has 0 aromatic heterocycles. The van der Waals surface area contributed by atoms with Crippen molar-refractivity contribution in [2.75, 3.05) is 0 Å². The van der Waals surface area contributed by atoms with Gasteiger partial charge in [0.1, 0.15) is 5.78 Å². The van der Waals surface area contributed by atoms with E-state index in [1.165, 1.54) is 64.2 Å². The Morgan fingerprint density at radius 1 is 0.931 bits per heavy atom. The van der Waals surface area contributed by atoms with Crippen molar-refractivity contribution in [1.82, 2.24) is 0 Å². The van der Waals surface area contributed by atoms with Crippen LogP contribution in [0.25, 0.3) is 0 Å². The number of hydrogen-bond acceptors (Lipinski definition) is 1. The topological polar surface area (TPSA) is 17.1 Å². The molecular formula is C28H46O. The zero-order chi connectivity index (χ0) is 21.0. The third kappa shape index (κ3) is 3.47. The SMILES string of the molecule is C=C(C)[C@H](C)C(=O)C[C@@H](C)[C@H]1CC[C@H]2[C@@H]3CCC4CCCC[C@]4(C)[C@H]3CC[C@]12C. The smallest absolute Gasteiger partial charge is 0.139 e. The molecule has 4 rings (SSSR count). The molecule has 0 aliphatic heterocycles. The molecule has 1 nitrogen and oxygen atoms in total. The zero-order valence-electron chi connectivity index (χ0n) is 19.9. The van der Waals surface area contributed by atoms with E-state index in [1.807, 2.05) is 13.8 Å². The number of Topliss-reactive ketones (excluding diaryl/α,β-unsaturated/α-hetero) is 1. The van der Waals surface area contributed by atoms with Gasteiger partial charge in [-0.3, -0.25) is 4.79 Å². The molecule has 0 aromatic carbocycles. The van der Waals surface area contributed by atoms with Crippen LogP contribution in [0.15, 0.2) is 12.2 Å². The normalized spacial score (nSPS) is 46.2. The van der Waals surface area contributed by atoms with Crippen molar-refractivity contribution in [1.29, 1.82) is 0 Å². The molecule has 0 aromatic rings. The summed E-state index contributed by atoms with van der Waals surface area (Å²) >= 11 is 0. The minimum atomic E-state index is 0.0275. The Morgan fingerprint density at radius 2 is 1.66 bits per heavy atom. The summed E-state index contributed by atoms with van der Waals surface area (Å²) in [6, 6.07) is 0. The van der Waals surface area contributed by atoms with Crippen molar-refractivity contribution in [3.05, 3.63) is 12.2 Å². The second kappa shape index (κ2) is 7.83. The number of rotatable bonds is 5. The fraction of sp³-hybridized carbons (Fsp3) is 0.893. The second-order valence-corrected chi connectivity index (χ2v) is 12.3. The van der Waals surface area contributed by atoms with Crippen LogP contribution in [0.5, 0.6) is 0 Å². The van der Waals surface area contributed by atoms with Gasteiger partial charge in [-0.05, 0) is 105 Å². The molecule has 4 saturated carbocycles.